The number of benzene rings is 3. The highest BCUT2D eigenvalue weighted by Gasteiger charge is 2.43. The SMILES string of the molecule is CC(O)[C@H]1CC(NC(=O)[C@H](OCc2ccccc2)[C@H](O)[C@@H](O)[C@@H](OCc2ccccc2)C(=O)N[C@H]2c3ccccc3C[C@H]2O)CO1. The van der Waals surface area contributed by atoms with Crippen LogP contribution >= 0.6 is 0 Å². The van der Waals surface area contributed by atoms with Crippen LogP contribution in [0.5, 0.6) is 0 Å². The van der Waals surface area contributed by atoms with Gasteiger partial charge in [0.05, 0.1) is 50.2 Å². The number of aliphatic hydroxyl groups is 4. The maximum Gasteiger partial charge on any atom is 0.252 e. The lowest BCUT2D eigenvalue weighted by atomic mass is 9.99. The third-order valence-corrected chi connectivity index (χ3v) is 8.45. The van der Waals surface area contributed by atoms with E-state index in [0.717, 1.165) is 22.3 Å². The molecule has 0 radical (unpaired) electrons. The van der Waals surface area contributed by atoms with Gasteiger partial charge in [-0.3, -0.25) is 9.59 Å². The molecule has 1 fully saturated rings. The normalized spacial score (nSPS) is 23.9. The van der Waals surface area contributed by atoms with Crippen molar-refractivity contribution in [2.75, 3.05) is 6.61 Å². The van der Waals surface area contributed by atoms with Gasteiger partial charge in [0, 0.05) is 6.42 Å². The Balaban J connectivity index is 1.36. The largest absolute Gasteiger partial charge is 0.391 e. The molecular formula is C35H42N2O9. The van der Waals surface area contributed by atoms with E-state index >= 15 is 0 Å². The van der Waals surface area contributed by atoms with Gasteiger partial charge in [-0.1, -0.05) is 84.9 Å². The zero-order valence-electron chi connectivity index (χ0n) is 25.6. The Morgan fingerprint density at radius 3 is 1.87 bits per heavy atom. The molecule has 11 heteroatoms. The molecule has 2 unspecified atom stereocenters. The number of carbonyl (C=O) groups excluding carboxylic acids is 2. The first-order chi connectivity index (χ1) is 22.2. The molecule has 1 aliphatic heterocycles. The van der Waals surface area contributed by atoms with E-state index in [2.05, 4.69) is 10.6 Å². The molecule has 46 heavy (non-hydrogen) atoms. The average molecular weight is 635 g/mol. The summed E-state index contributed by atoms with van der Waals surface area (Å²) in [6.45, 7) is 1.62. The molecule has 6 N–H and O–H groups in total. The molecule has 1 aliphatic carbocycles. The Morgan fingerprint density at radius 2 is 1.33 bits per heavy atom. The van der Waals surface area contributed by atoms with E-state index in [0.29, 0.717) is 12.8 Å². The maximum atomic E-state index is 13.8. The van der Waals surface area contributed by atoms with Crippen molar-refractivity contribution in [3.05, 3.63) is 107 Å². The van der Waals surface area contributed by atoms with Gasteiger partial charge in [-0.2, -0.15) is 0 Å². The second kappa shape index (κ2) is 15.7. The monoisotopic (exact) mass is 634 g/mol. The Labute approximate surface area is 268 Å². The van der Waals surface area contributed by atoms with E-state index in [9.17, 15) is 30.0 Å². The maximum absolute atomic E-state index is 13.8. The van der Waals surface area contributed by atoms with Crippen molar-refractivity contribution in [1.82, 2.24) is 10.6 Å². The first kappa shape index (κ1) is 33.7. The van der Waals surface area contributed by atoms with Crippen LogP contribution in [-0.2, 0) is 43.4 Å². The molecule has 0 aromatic heterocycles. The van der Waals surface area contributed by atoms with E-state index in [1.807, 2.05) is 36.4 Å². The molecule has 9 atom stereocenters. The summed E-state index contributed by atoms with van der Waals surface area (Å²) in [4.78, 5) is 27.3. The summed E-state index contributed by atoms with van der Waals surface area (Å²) in [5.41, 5.74) is 3.08. The number of nitrogens with one attached hydrogen (secondary N) is 2. The summed E-state index contributed by atoms with van der Waals surface area (Å²) >= 11 is 0. The number of hydrogen-bond acceptors (Lipinski definition) is 9. The second-order valence-electron chi connectivity index (χ2n) is 11.9. The summed E-state index contributed by atoms with van der Waals surface area (Å²) < 4.78 is 17.4. The Hall–Kier alpha value is -3.68. The summed E-state index contributed by atoms with van der Waals surface area (Å²) in [6.07, 6.45) is -8.44. The fourth-order valence-electron chi connectivity index (χ4n) is 5.90. The molecule has 1 heterocycles. The highest BCUT2D eigenvalue weighted by atomic mass is 16.5. The van der Waals surface area contributed by atoms with Gasteiger partial charge >= 0.3 is 0 Å². The topological polar surface area (TPSA) is 167 Å². The van der Waals surface area contributed by atoms with Gasteiger partial charge in [0.25, 0.3) is 11.8 Å². The van der Waals surface area contributed by atoms with Crippen molar-refractivity contribution in [3.8, 4) is 0 Å². The smallest absolute Gasteiger partial charge is 0.252 e. The minimum absolute atomic E-state index is 0.0625. The lowest BCUT2D eigenvalue weighted by Crippen LogP contribution is -2.57. The summed E-state index contributed by atoms with van der Waals surface area (Å²) in [5.74, 6) is -1.49. The standard InChI is InChI=1S/C35H42N2O9/c1-21(38)28-17-25(20-44-28)36-34(42)32(45-18-22-10-4-2-5-11-22)30(40)31(41)33(46-19-23-12-6-3-7-13-23)35(43)37-29-26-15-9-8-14-24(26)16-27(29)39/h2-15,21,25,27-33,38-41H,16-20H2,1H3,(H,36,42)(H,37,43)/t21?,25?,27-,28-,29+,30-,31-,32-,33-/m1/s1. The number of ether oxygens (including phenoxy) is 3. The number of hydrogen-bond donors (Lipinski definition) is 6. The van der Waals surface area contributed by atoms with Crippen molar-refractivity contribution in [2.45, 2.75) is 87.8 Å². The van der Waals surface area contributed by atoms with Crippen molar-refractivity contribution < 1.29 is 44.2 Å². The second-order valence-corrected chi connectivity index (χ2v) is 11.9. The van der Waals surface area contributed by atoms with E-state index in [-0.39, 0.29) is 19.8 Å². The van der Waals surface area contributed by atoms with Crippen LogP contribution in [0.1, 0.15) is 41.6 Å². The number of rotatable bonds is 14. The fourth-order valence-corrected chi connectivity index (χ4v) is 5.90. The first-order valence-electron chi connectivity index (χ1n) is 15.5. The predicted molar refractivity (Wildman–Crippen MR) is 167 cm³/mol. The van der Waals surface area contributed by atoms with Crippen LogP contribution in [-0.4, -0.2) is 87.6 Å². The summed E-state index contributed by atoms with van der Waals surface area (Å²) in [6, 6.07) is 24.2. The average Bonchev–Trinajstić information content (AvgIpc) is 3.66. The quantitative estimate of drug-likeness (QED) is 0.153. The van der Waals surface area contributed by atoms with Crippen molar-refractivity contribution in [2.24, 2.45) is 0 Å². The van der Waals surface area contributed by atoms with Gasteiger partial charge in [0.15, 0.2) is 12.2 Å². The van der Waals surface area contributed by atoms with Crippen molar-refractivity contribution >= 4 is 11.8 Å². The number of amides is 2. The summed E-state index contributed by atoms with van der Waals surface area (Å²) in [7, 11) is 0. The van der Waals surface area contributed by atoms with Crippen LogP contribution in [0.4, 0.5) is 0 Å². The number of fused-ring (bicyclic) bond motifs is 1. The molecule has 5 rings (SSSR count). The predicted octanol–water partition coefficient (Wildman–Crippen LogP) is 1.31. The lowest BCUT2D eigenvalue weighted by molar-refractivity contribution is -0.171. The third-order valence-electron chi connectivity index (χ3n) is 8.45. The van der Waals surface area contributed by atoms with Gasteiger partial charge in [0.1, 0.15) is 12.2 Å². The minimum atomic E-state index is -1.91. The van der Waals surface area contributed by atoms with Gasteiger partial charge in [-0.25, -0.2) is 0 Å². The van der Waals surface area contributed by atoms with E-state index in [1.165, 1.54) is 0 Å². The van der Waals surface area contributed by atoms with Crippen molar-refractivity contribution in [3.63, 3.8) is 0 Å². The zero-order chi connectivity index (χ0) is 32.6. The van der Waals surface area contributed by atoms with E-state index < -0.39 is 66.6 Å². The van der Waals surface area contributed by atoms with Crippen LogP contribution in [0, 0.1) is 0 Å². The third kappa shape index (κ3) is 8.37. The molecule has 246 valence electrons. The molecule has 2 amide bonds. The van der Waals surface area contributed by atoms with E-state index in [4.69, 9.17) is 14.2 Å². The van der Waals surface area contributed by atoms with Gasteiger partial charge in [0.2, 0.25) is 0 Å². The van der Waals surface area contributed by atoms with Crippen LogP contribution in [0.25, 0.3) is 0 Å². The number of carbonyl (C=O) groups is 2. The Morgan fingerprint density at radius 1 is 0.804 bits per heavy atom. The van der Waals surface area contributed by atoms with Crippen LogP contribution in [0.2, 0.25) is 0 Å². The summed E-state index contributed by atoms with van der Waals surface area (Å²) in [5, 5.41) is 49.3. The molecule has 0 saturated carbocycles. The molecule has 2 aliphatic rings. The highest BCUT2D eigenvalue weighted by Crippen LogP contribution is 2.31. The minimum Gasteiger partial charge on any atom is -0.391 e. The number of aliphatic hydroxyl groups excluding tert-OH is 4. The van der Waals surface area contributed by atoms with Gasteiger partial charge in [-0.05, 0) is 35.6 Å². The molecule has 0 spiro atoms. The highest BCUT2D eigenvalue weighted by molar-refractivity contribution is 5.84. The molecule has 3 aromatic rings. The fraction of sp³-hybridized carbons (Fsp3) is 0.429. The Kier molecular flexibility index (Phi) is 11.5. The molecule has 3 aromatic carbocycles. The Bertz CT molecular complexity index is 1420. The van der Waals surface area contributed by atoms with Crippen LogP contribution in [0.3, 0.4) is 0 Å². The zero-order valence-corrected chi connectivity index (χ0v) is 25.6. The van der Waals surface area contributed by atoms with Gasteiger partial charge in [-0.15, -0.1) is 0 Å². The van der Waals surface area contributed by atoms with Crippen LogP contribution in [0.15, 0.2) is 84.9 Å². The van der Waals surface area contributed by atoms with Gasteiger partial charge < -0.3 is 45.3 Å². The molecule has 11 nitrogen and oxygen atoms in total. The molecular weight excluding hydrogens is 592 g/mol. The first-order valence-corrected chi connectivity index (χ1v) is 15.5. The molecule has 1 saturated heterocycles. The van der Waals surface area contributed by atoms with Crippen LogP contribution < -0.4 is 10.6 Å². The molecule has 0 bridgehead atoms. The van der Waals surface area contributed by atoms with E-state index in [1.54, 1.807) is 55.5 Å². The van der Waals surface area contributed by atoms with Crippen molar-refractivity contribution in [1.29, 1.82) is 0 Å². The lowest BCUT2D eigenvalue weighted by Gasteiger charge is -2.32.